The Balaban J connectivity index is 1.87. The minimum Gasteiger partial charge on any atom is -0.342 e. The number of nitrogens with zero attached hydrogens (tertiary/aromatic N) is 2. The van der Waals surface area contributed by atoms with E-state index in [-0.39, 0.29) is 23.9 Å². The van der Waals surface area contributed by atoms with Gasteiger partial charge < -0.3 is 15.1 Å². The largest absolute Gasteiger partial charge is 0.342 e. The van der Waals surface area contributed by atoms with Gasteiger partial charge in [-0.25, -0.2) is 4.39 Å². The van der Waals surface area contributed by atoms with Crippen LogP contribution in [0.25, 0.3) is 0 Å². The number of para-hydroxylation sites is 1. The third-order valence-corrected chi connectivity index (χ3v) is 3.75. The monoisotopic (exact) mass is 307 g/mol. The van der Waals surface area contributed by atoms with Gasteiger partial charge in [0, 0.05) is 19.5 Å². The fourth-order valence-electron chi connectivity index (χ4n) is 2.54. The molecule has 1 heterocycles. The quantitative estimate of drug-likeness (QED) is 0.868. The van der Waals surface area contributed by atoms with Gasteiger partial charge in [0.05, 0.1) is 11.6 Å². The van der Waals surface area contributed by atoms with Crippen molar-refractivity contribution < 1.29 is 14.0 Å². The molecule has 1 unspecified atom stereocenters. The lowest BCUT2D eigenvalue weighted by Gasteiger charge is -2.18. The highest BCUT2D eigenvalue weighted by Gasteiger charge is 2.34. The lowest BCUT2D eigenvalue weighted by Crippen LogP contribution is -2.30. The van der Waals surface area contributed by atoms with Crippen molar-refractivity contribution in [3.8, 4) is 0 Å². The number of halogens is 1. The van der Waals surface area contributed by atoms with E-state index in [2.05, 4.69) is 10.2 Å². The topological polar surface area (TPSA) is 52.6 Å². The molecule has 2 amide bonds. The molecular weight excluding hydrogens is 285 g/mol. The van der Waals surface area contributed by atoms with Crippen molar-refractivity contribution >= 4 is 17.5 Å². The first-order valence-corrected chi connectivity index (χ1v) is 7.45. The standard InChI is InChI=1S/C16H22FN3O2/c1-19(2)8-5-9-20-11-12(10-15(20)21)16(22)18-14-7-4-3-6-13(14)17/h3-4,6-7,12H,5,8-11H2,1-2H3,(H,18,22). The molecule has 0 spiro atoms. The number of likely N-dealkylation sites (tertiary alicyclic amines) is 1. The maximum absolute atomic E-state index is 13.5. The Morgan fingerprint density at radius 1 is 1.41 bits per heavy atom. The molecule has 0 radical (unpaired) electrons. The van der Waals surface area contributed by atoms with E-state index in [1.54, 1.807) is 17.0 Å². The van der Waals surface area contributed by atoms with Crippen LogP contribution in [-0.2, 0) is 9.59 Å². The van der Waals surface area contributed by atoms with Crippen molar-refractivity contribution in [1.82, 2.24) is 9.80 Å². The van der Waals surface area contributed by atoms with E-state index in [1.807, 2.05) is 14.1 Å². The summed E-state index contributed by atoms with van der Waals surface area (Å²) in [5.74, 6) is -1.18. The first-order valence-electron chi connectivity index (χ1n) is 7.45. The Morgan fingerprint density at radius 2 is 2.14 bits per heavy atom. The normalized spacial score (nSPS) is 18.1. The molecule has 5 nitrogen and oxygen atoms in total. The molecule has 1 aromatic rings. The van der Waals surface area contributed by atoms with E-state index in [1.165, 1.54) is 12.1 Å². The van der Waals surface area contributed by atoms with E-state index in [4.69, 9.17) is 0 Å². The van der Waals surface area contributed by atoms with Gasteiger partial charge in [-0.05, 0) is 39.2 Å². The number of carbonyl (C=O) groups is 2. The highest BCUT2D eigenvalue weighted by molar-refractivity contribution is 5.97. The highest BCUT2D eigenvalue weighted by Crippen LogP contribution is 2.21. The molecule has 0 saturated carbocycles. The lowest BCUT2D eigenvalue weighted by molar-refractivity contribution is -0.128. The number of benzene rings is 1. The molecule has 2 rings (SSSR count). The molecule has 0 aromatic heterocycles. The van der Waals surface area contributed by atoms with Crippen LogP contribution in [0.1, 0.15) is 12.8 Å². The molecule has 1 N–H and O–H groups in total. The highest BCUT2D eigenvalue weighted by atomic mass is 19.1. The van der Waals surface area contributed by atoms with Gasteiger partial charge in [-0.2, -0.15) is 0 Å². The summed E-state index contributed by atoms with van der Waals surface area (Å²) in [6.07, 6.45) is 1.07. The molecule has 0 bridgehead atoms. The Hall–Kier alpha value is -1.95. The third kappa shape index (κ3) is 4.27. The first-order chi connectivity index (χ1) is 10.5. The number of rotatable bonds is 6. The van der Waals surface area contributed by atoms with E-state index < -0.39 is 11.7 Å². The third-order valence-electron chi connectivity index (χ3n) is 3.75. The van der Waals surface area contributed by atoms with E-state index in [9.17, 15) is 14.0 Å². The molecule has 22 heavy (non-hydrogen) atoms. The summed E-state index contributed by atoms with van der Waals surface area (Å²) in [5, 5.41) is 2.57. The van der Waals surface area contributed by atoms with Gasteiger partial charge in [0.25, 0.3) is 0 Å². The summed E-state index contributed by atoms with van der Waals surface area (Å²) in [6, 6.07) is 6.03. The van der Waals surface area contributed by atoms with E-state index in [0.717, 1.165) is 13.0 Å². The van der Waals surface area contributed by atoms with Crippen molar-refractivity contribution in [3.63, 3.8) is 0 Å². The molecule has 1 aliphatic heterocycles. The van der Waals surface area contributed by atoms with Crippen molar-refractivity contribution in [2.24, 2.45) is 5.92 Å². The van der Waals surface area contributed by atoms with Crippen molar-refractivity contribution in [1.29, 1.82) is 0 Å². The SMILES string of the molecule is CN(C)CCCN1CC(C(=O)Nc2ccccc2F)CC1=O. The first kappa shape index (κ1) is 16.4. The predicted molar refractivity (Wildman–Crippen MR) is 82.9 cm³/mol. The Kier molecular flexibility index (Phi) is 5.49. The number of amides is 2. The van der Waals surface area contributed by atoms with Gasteiger partial charge in [0.1, 0.15) is 5.82 Å². The van der Waals surface area contributed by atoms with Gasteiger partial charge >= 0.3 is 0 Å². The average Bonchev–Trinajstić information content (AvgIpc) is 2.83. The van der Waals surface area contributed by atoms with Crippen LogP contribution in [-0.4, -0.2) is 55.3 Å². The minimum absolute atomic E-state index is 0.00700. The smallest absolute Gasteiger partial charge is 0.229 e. The molecule has 1 saturated heterocycles. The van der Waals surface area contributed by atoms with Crippen LogP contribution in [0.2, 0.25) is 0 Å². The van der Waals surface area contributed by atoms with Gasteiger partial charge in [-0.15, -0.1) is 0 Å². The van der Waals surface area contributed by atoms with Crippen LogP contribution in [0.15, 0.2) is 24.3 Å². The zero-order valence-corrected chi connectivity index (χ0v) is 13.0. The number of carbonyl (C=O) groups excluding carboxylic acids is 2. The molecule has 120 valence electrons. The minimum atomic E-state index is -0.469. The Labute approximate surface area is 130 Å². The number of hydrogen-bond donors (Lipinski definition) is 1. The summed E-state index contributed by atoms with van der Waals surface area (Å²) in [6.45, 7) is 1.96. The zero-order valence-electron chi connectivity index (χ0n) is 13.0. The van der Waals surface area contributed by atoms with Crippen LogP contribution in [0.4, 0.5) is 10.1 Å². The lowest BCUT2D eigenvalue weighted by atomic mass is 10.1. The predicted octanol–water partition coefficient (Wildman–Crippen LogP) is 1.56. The van der Waals surface area contributed by atoms with Gasteiger partial charge in [-0.3, -0.25) is 9.59 Å². The molecule has 1 fully saturated rings. The Bertz CT molecular complexity index is 548. The average molecular weight is 307 g/mol. The van der Waals surface area contributed by atoms with Crippen LogP contribution in [0, 0.1) is 11.7 Å². The summed E-state index contributed by atoms with van der Waals surface area (Å²) in [4.78, 5) is 27.9. The molecular formula is C16H22FN3O2. The summed E-state index contributed by atoms with van der Waals surface area (Å²) < 4.78 is 13.5. The van der Waals surface area contributed by atoms with Crippen LogP contribution >= 0.6 is 0 Å². The zero-order chi connectivity index (χ0) is 16.1. The summed E-state index contributed by atoms with van der Waals surface area (Å²) in [5.41, 5.74) is 0.158. The fourth-order valence-corrected chi connectivity index (χ4v) is 2.54. The fraction of sp³-hybridized carbons (Fsp3) is 0.500. The molecule has 6 heteroatoms. The Morgan fingerprint density at radius 3 is 2.82 bits per heavy atom. The second-order valence-electron chi connectivity index (χ2n) is 5.87. The van der Waals surface area contributed by atoms with Gasteiger partial charge in [0.2, 0.25) is 11.8 Å². The number of hydrogen-bond acceptors (Lipinski definition) is 3. The van der Waals surface area contributed by atoms with Crippen molar-refractivity contribution in [2.75, 3.05) is 39.0 Å². The maximum atomic E-state index is 13.5. The van der Waals surface area contributed by atoms with Crippen LogP contribution in [0.5, 0.6) is 0 Å². The van der Waals surface area contributed by atoms with Gasteiger partial charge in [0.15, 0.2) is 0 Å². The maximum Gasteiger partial charge on any atom is 0.229 e. The second kappa shape index (κ2) is 7.35. The van der Waals surface area contributed by atoms with E-state index in [0.29, 0.717) is 13.1 Å². The van der Waals surface area contributed by atoms with Crippen molar-refractivity contribution in [2.45, 2.75) is 12.8 Å². The molecule has 1 aromatic carbocycles. The van der Waals surface area contributed by atoms with E-state index >= 15 is 0 Å². The molecule has 1 aliphatic rings. The molecule has 1 atom stereocenters. The van der Waals surface area contributed by atoms with Crippen LogP contribution in [0.3, 0.4) is 0 Å². The van der Waals surface area contributed by atoms with Gasteiger partial charge in [-0.1, -0.05) is 12.1 Å². The summed E-state index contributed by atoms with van der Waals surface area (Å²) >= 11 is 0. The summed E-state index contributed by atoms with van der Waals surface area (Å²) in [7, 11) is 3.97. The van der Waals surface area contributed by atoms with Crippen LogP contribution < -0.4 is 5.32 Å². The molecule has 0 aliphatic carbocycles. The number of anilines is 1. The second-order valence-corrected chi connectivity index (χ2v) is 5.87. The number of nitrogens with one attached hydrogen (secondary N) is 1. The van der Waals surface area contributed by atoms with Crippen molar-refractivity contribution in [3.05, 3.63) is 30.1 Å².